The summed E-state index contributed by atoms with van der Waals surface area (Å²) in [5, 5.41) is 1.03. The fourth-order valence-corrected chi connectivity index (χ4v) is 4.28. The maximum Gasteiger partial charge on any atom is 0.231 e. The number of benzene rings is 3. The topological polar surface area (TPSA) is 31.6 Å². The number of hydrogen-bond donors (Lipinski definition) is 0. The number of hydrogen-bond acceptors (Lipinski definition) is 4. The maximum atomic E-state index is 6.25. The van der Waals surface area contributed by atoms with E-state index in [-0.39, 0.29) is 6.79 Å². The molecule has 0 N–H and O–H groups in total. The van der Waals surface area contributed by atoms with Crippen molar-refractivity contribution in [2.24, 2.45) is 0 Å². The van der Waals surface area contributed by atoms with Crippen LogP contribution in [0.4, 0.5) is 0 Å². The normalized spacial score (nSPS) is 12.7. The SMILES string of the molecule is Brc1ccc(-c2oc3cc4c(cc3c2Sc2ccccc2)OCO4)cc1. The molecule has 0 bridgehead atoms. The van der Waals surface area contributed by atoms with Gasteiger partial charge in [0.2, 0.25) is 6.79 Å². The smallest absolute Gasteiger partial charge is 0.231 e. The van der Waals surface area contributed by atoms with Crippen molar-refractivity contribution in [1.29, 1.82) is 0 Å². The van der Waals surface area contributed by atoms with Gasteiger partial charge in [-0.2, -0.15) is 0 Å². The summed E-state index contributed by atoms with van der Waals surface area (Å²) < 4.78 is 18.4. The summed E-state index contributed by atoms with van der Waals surface area (Å²) in [5.74, 6) is 2.34. The Balaban J connectivity index is 1.72. The molecule has 5 rings (SSSR count). The van der Waals surface area contributed by atoms with Crippen LogP contribution in [0.1, 0.15) is 0 Å². The van der Waals surface area contributed by atoms with Crippen LogP contribution in [0.3, 0.4) is 0 Å². The molecule has 128 valence electrons. The van der Waals surface area contributed by atoms with Gasteiger partial charge in [-0.1, -0.05) is 58.0 Å². The Hall–Kier alpha value is -2.37. The number of rotatable bonds is 3. The standard InChI is InChI=1S/C21H13BrO3S/c22-14-8-6-13(7-9-14)20-21(26-15-4-2-1-3-5-15)16-10-18-19(24-12-23-18)11-17(16)25-20/h1-11H,12H2. The maximum absolute atomic E-state index is 6.25. The van der Waals surface area contributed by atoms with Crippen molar-refractivity contribution in [3.05, 3.63) is 71.2 Å². The van der Waals surface area contributed by atoms with E-state index in [1.54, 1.807) is 11.8 Å². The number of halogens is 1. The van der Waals surface area contributed by atoms with Crippen molar-refractivity contribution in [3.8, 4) is 22.8 Å². The van der Waals surface area contributed by atoms with Crippen LogP contribution in [-0.2, 0) is 0 Å². The van der Waals surface area contributed by atoms with Crippen LogP contribution < -0.4 is 9.47 Å². The molecule has 1 aliphatic rings. The van der Waals surface area contributed by atoms with Gasteiger partial charge in [-0.15, -0.1) is 0 Å². The predicted molar refractivity (Wildman–Crippen MR) is 106 cm³/mol. The number of ether oxygens (including phenoxy) is 2. The van der Waals surface area contributed by atoms with Crippen LogP contribution in [-0.4, -0.2) is 6.79 Å². The lowest BCUT2D eigenvalue weighted by Crippen LogP contribution is -1.92. The van der Waals surface area contributed by atoms with Crippen molar-refractivity contribution in [1.82, 2.24) is 0 Å². The first-order valence-electron chi connectivity index (χ1n) is 8.13. The van der Waals surface area contributed by atoms with Crippen molar-refractivity contribution in [3.63, 3.8) is 0 Å². The van der Waals surface area contributed by atoms with E-state index in [1.165, 1.54) is 0 Å². The average Bonchev–Trinajstić information content (AvgIpc) is 3.26. The van der Waals surface area contributed by atoms with Gasteiger partial charge in [0.05, 0.1) is 4.90 Å². The first-order valence-corrected chi connectivity index (χ1v) is 9.74. The first-order chi connectivity index (χ1) is 12.8. The minimum atomic E-state index is 0.253. The lowest BCUT2D eigenvalue weighted by Gasteiger charge is -2.04. The quantitative estimate of drug-likeness (QED) is 0.364. The Morgan fingerprint density at radius 1 is 0.846 bits per heavy atom. The number of furan rings is 1. The highest BCUT2D eigenvalue weighted by molar-refractivity contribution is 9.10. The van der Waals surface area contributed by atoms with Crippen molar-refractivity contribution < 1.29 is 13.9 Å². The fourth-order valence-electron chi connectivity index (χ4n) is 2.96. The summed E-state index contributed by atoms with van der Waals surface area (Å²) in [6.07, 6.45) is 0. The third-order valence-electron chi connectivity index (χ3n) is 4.21. The van der Waals surface area contributed by atoms with Crippen LogP contribution >= 0.6 is 27.7 Å². The van der Waals surface area contributed by atoms with Gasteiger partial charge < -0.3 is 13.9 Å². The Kier molecular flexibility index (Phi) is 3.91. The molecule has 3 aromatic carbocycles. The summed E-state index contributed by atoms with van der Waals surface area (Å²) in [4.78, 5) is 2.23. The summed E-state index contributed by atoms with van der Waals surface area (Å²) in [6.45, 7) is 0.253. The van der Waals surface area contributed by atoms with Gasteiger partial charge in [0.15, 0.2) is 11.5 Å². The van der Waals surface area contributed by atoms with Gasteiger partial charge in [-0.25, -0.2) is 0 Å². The molecule has 0 saturated heterocycles. The Morgan fingerprint density at radius 2 is 1.58 bits per heavy atom. The zero-order valence-electron chi connectivity index (χ0n) is 13.6. The zero-order valence-corrected chi connectivity index (χ0v) is 16.0. The van der Waals surface area contributed by atoms with Gasteiger partial charge in [-0.05, 0) is 30.3 Å². The molecule has 5 heteroatoms. The van der Waals surface area contributed by atoms with E-state index < -0.39 is 0 Å². The molecule has 0 unspecified atom stereocenters. The van der Waals surface area contributed by atoms with Gasteiger partial charge in [0.25, 0.3) is 0 Å². The van der Waals surface area contributed by atoms with Gasteiger partial charge in [-0.3, -0.25) is 0 Å². The van der Waals surface area contributed by atoms with Gasteiger partial charge >= 0.3 is 0 Å². The van der Waals surface area contributed by atoms with Gasteiger partial charge in [0, 0.05) is 26.4 Å². The van der Waals surface area contributed by atoms with Crippen LogP contribution in [0.15, 0.2) is 85.4 Å². The molecule has 0 fully saturated rings. The molecule has 1 aliphatic heterocycles. The third kappa shape index (κ3) is 2.77. The Morgan fingerprint density at radius 3 is 2.35 bits per heavy atom. The van der Waals surface area contributed by atoms with E-state index >= 15 is 0 Å². The Labute approximate surface area is 163 Å². The second kappa shape index (κ2) is 6.41. The molecule has 0 atom stereocenters. The highest BCUT2D eigenvalue weighted by Crippen LogP contribution is 2.47. The van der Waals surface area contributed by atoms with Crippen LogP contribution in [0.5, 0.6) is 11.5 Å². The molecule has 1 aromatic heterocycles. The van der Waals surface area contributed by atoms with E-state index in [0.717, 1.165) is 48.1 Å². The molecular weight excluding hydrogens is 412 g/mol. The second-order valence-corrected chi connectivity index (χ2v) is 7.88. The highest BCUT2D eigenvalue weighted by Gasteiger charge is 2.22. The molecule has 0 amide bonds. The van der Waals surface area contributed by atoms with Crippen LogP contribution in [0, 0.1) is 0 Å². The van der Waals surface area contributed by atoms with Crippen LogP contribution in [0.2, 0.25) is 0 Å². The van der Waals surface area contributed by atoms with Crippen molar-refractivity contribution in [2.45, 2.75) is 9.79 Å². The monoisotopic (exact) mass is 424 g/mol. The minimum absolute atomic E-state index is 0.253. The summed E-state index contributed by atoms with van der Waals surface area (Å²) in [6, 6.07) is 22.4. The molecule has 0 spiro atoms. The van der Waals surface area contributed by atoms with E-state index in [4.69, 9.17) is 13.9 Å². The van der Waals surface area contributed by atoms with Crippen LogP contribution in [0.25, 0.3) is 22.3 Å². The predicted octanol–water partition coefficient (Wildman–Crippen LogP) is 6.74. The summed E-state index contributed by atoms with van der Waals surface area (Å²) >= 11 is 5.19. The Bertz CT molecular complexity index is 1090. The van der Waals surface area contributed by atoms with E-state index in [0.29, 0.717) is 0 Å². The average molecular weight is 425 g/mol. The second-order valence-electron chi connectivity index (χ2n) is 5.88. The van der Waals surface area contributed by atoms with E-state index in [2.05, 4.69) is 40.2 Å². The molecule has 4 aromatic rings. The lowest BCUT2D eigenvalue weighted by molar-refractivity contribution is 0.174. The third-order valence-corrected chi connectivity index (χ3v) is 5.85. The molecule has 3 nitrogen and oxygen atoms in total. The molecule has 2 heterocycles. The lowest BCUT2D eigenvalue weighted by atomic mass is 10.1. The summed E-state index contributed by atoms with van der Waals surface area (Å²) in [5.41, 5.74) is 1.83. The summed E-state index contributed by atoms with van der Waals surface area (Å²) in [7, 11) is 0. The largest absolute Gasteiger partial charge is 0.455 e. The first kappa shape index (κ1) is 15.9. The van der Waals surface area contributed by atoms with E-state index in [9.17, 15) is 0 Å². The molecule has 0 saturated carbocycles. The molecular formula is C21H13BrO3S. The molecule has 0 radical (unpaired) electrons. The van der Waals surface area contributed by atoms with Crippen molar-refractivity contribution in [2.75, 3.05) is 6.79 Å². The van der Waals surface area contributed by atoms with E-state index in [1.807, 2.05) is 42.5 Å². The number of fused-ring (bicyclic) bond motifs is 2. The molecule has 0 aliphatic carbocycles. The minimum Gasteiger partial charge on any atom is -0.455 e. The zero-order chi connectivity index (χ0) is 17.5. The van der Waals surface area contributed by atoms with Crippen molar-refractivity contribution >= 4 is 38.7 Å². The fraction of sp³-hybridized carbons (Fsp3) is 0.0476. The van der Waals surface area contributed by atoms with Gasteiger partial charge in [0.1, 0.15) is 11.3 Å². The highest BCUT2D eigenvalue weighted by atomic mass is 79.9. The molecule has 26 heavy (non-hydrogen) atoms.